The van der Waals surface area contributed by atoms with Crippen molar-refractivity contribution in [2.24, 2.45) is 11.7 Å². The van der Waals surface area contributed by atoms with Crippen molar-refractivity contribution in [3.8, 4) is 0 Å². The molecule has 2 N–H and O–H groups in total. The monoisotopic (exact) mass is 324 g/mol. The number of nitrogens with two attached hydrogens (primary N) is 1. The number of hydrogen-bond donors (Lipinski definition) is 1. The lowest BCUT2D eigenvalue weighted by Gasteiger charge is -2.29. The fraction of sp³-hybridized carbons (Fsp3) is 0.625. The second-order valence-corrected chi connectivity index (χ2v) is 6.61. The van der Waals surface area contributed by atoms with Crippen molar-refractivity contribution < 1.29 is 0 Å². The number of rotatable bonds is 5. The Balaban J connectivity index is 2.06. The fourth-order valence-corrected chi connectivity index (χ4v) is 3.55. The highest BCUT2D eigenvalue weighted by Gasteiger charge is 2.17. The predicted molar refractivity (Wildman–Crippen MR) is 86.7 cm³/mol. The van der Waals surface area contributed by atoms with E-state index in [0.717, 1.165) is 16.8 Å². The number of anilines is 1. The maximum atomic E-state index is 5.73. The summed E-state index contributed by atoms with van der Waals surface area (Å²) in [6, 6.07) is 6.56. The normalized spacial score (nSPS) is 16.6. The van der Waals surface area contributed by atoms with Gasteiger partial charge in [0.25, 0.3) is 0 Å². The molecule has 0 saturated heterocycles. The summed E-state index contributed by atoms with van der Waals surface area (Å²) >= 11 is 3.55. The molecule has 0 aliphatic heterocycles. The topological polar surface area (TPSA) is 29.3 Å². The minimum atomic E-state index is 0.709. The summed E-state index contributed by atoms with van der Waals surface area (Å²) in [5, 5.41) is 0. The van der Waals surface area contributed by atoms with Crippen LogP contribution in [-0.4, -0.2) is 20.1 Å². The maximum Gasteiger partial charge on any atom is 0.0397 e. The summed E-state index contributed by atoms with van der Waals surface area (Å²) in [4.78, 5) is 2.42. The molecule has 1 aliphatic rings. The van der Waals surface area contributed by atoms with Crippen molar-refractivity contribution in [2.75, 3.05) is 25.0 Å². The second kappa shape index (κ2) is 7.30. The Hall–Kier alpha value is -0.540. The summed E-state index contributed by atoms with van der Waals surface area (Å²) in [7, 11) is 2.22. The fourth-order valence-electron chi connectivity index (χ4n) is 3.14. The van der Waals surface area contributed by atoms with Crippen LogP contribution in [0.15, 0.2) is 22.7 Å². The molecule has 0 unspecified atom stereocenters. The molecule has 106 valence electrons. The summed E-state index contributed by atoms with van der Waals surface area (Å²) in [6.07, 6.45) is 7.99. The van der Waals surface area contributed by atoms with Crippen LogP contribution in [0.25, 0.3) is 0 Å². The zero-order valence-corrected chi connectivity index (χ0v) is 13.5. The van der Waals surface area contributed by atoms with Crippen molar-refractivity contribution >= 4 is 21.6 Å². The summed E-state index contributed by atoms with van der Waals surface area (Å²) in [5.74, 6) is 0.869. The van der Waals surface area contributed by atoms with Gasteiger partial charge in [0.05, 0.1) is 0 Å². The highest BCUT2D eigenvalue weighted by Crippen LogP contribution is 2.28. The maximum absolute atomic E-state index is 5.73. The van der Waals surface area contributed by atoms with E-state index in [1.165, 1.54) is 49.9 Å². The molecule has 1 fully saturated rings. The van der Waals surface area contributed by atoms with Crippen molar-refractivity contribution in [2.45, 2.75) is 38.5 Å². The Morgan fingerprint density at radius 1 is 1.26 bits per heavy atom. The quantitative estimate of drug-likeness (QED) is 0.888. The molecule has 2 nitrogen and oxygen atoms in total. The van der Waals surface area contributed by atoms with E-state index in [1.54, 1.807) is 0 Å². The minimum absolute atomic E-state index is 0.709. The van der Waals surface area contributed by atoms with Crippen LogP contribution in [0.1, 0.15) is 37.7 Å². The first-order valence-corrected chi connectivity index (χ1v) is 8.19. The van der Waals surface area contributed by atoms with Crippen LogP contribution in [0.5, 0.6) is 0 Å². The molecule has 1 aromatic rings. The smallest absolute Gasteiger partial charge is 0.0397 e. The largest absolute Gasteiger partial charge is 0.374 e. The molecular formula is C16H25BrN2. The van der Waals surface area contributed by atoms with E-state index in [2.05, 4.69) is 46.1 Å². The molecule has 0 bridgehead atoms. The van der Waals surface area contributed by atoms with Crippen LogP contribution in [0.4, 0.5) is 5.69 Å². The molecule has 19 heavy (non-hydrogen) atoms. The van der Waals surface area contributed by atoms with E-state index in [9.17, 15) is 0 Å². The molecule has 0 amide bonds. The zero-order chi connectivity index (χ0) is 13.7. The average Bonchev–Trinajstić information content (AvgIpc) is 2.40. The molecule has 0 atom stereocenters. The van der Waals surface area contributed by atoms with Gasteiger partial charge in [-0.2, -0.15) is 0 Å². The summed E-state index contributed by atoms with van der Waals surface area (Å²) < 4.78 is 1.14. The highest BCUT2D eigenvalue weighted by molar-refractivity contribution is 9.10. The minimum Gasteiger partial charge on any atom is -0.374 e. The molecule has 0 aromatic heterocycles. The number of halogens is 1. The van der Waals surface area contributed by atoms with E-state index >= 15 is 0 Å². The van der Waals surface area contributed by atoms with Gasteiger partial charge in [-0.1, -0.05) is 35.2 Å². The van der Waals surface area contributed by atoms with E-state index in [-0.39, 0.29) is 0 Å². The van der Waals surface area contributed by atoms with Crippen LogP contribution in [0.3, 0.4) is 0 Å². The van der Waals surface area contributed by atoms with E-state index in [0.29, 0.717) is 6.54 Å². The van der Waals surface area contributed by atoms with E-state index < -0.39 is 0 Å². The SMILES string of the molecule is CN(CC1CCCCC1)c1ccc(Br)cc1CCN. The standard InChI is InChI=1S/C16H25BrN2/c1-19(12-13-5-3-2-4-6-13)16-8-7-15(17)11-14(16)9-10-18/h7-8,11,13H,2-6,9-10,12,18H2,1H3. The van der Waals surface area contributed by atoms with Gasteiger partial charge in [-0.25, -0.2) is 0 Å². The Morgan fingerprint density at radius 2 is 2.00 bits per heavy atom. The van der Waals surface area contributed by atoms with Crippen LogP contribution in [0.2, 0.25) is 0 Å². The van der Waals surface area contributed by atoms with Gasteiger partial charge in [-0.3, -0.25) is 0 Å². The Bertz CT molecular complexity index is 400. The molecule has 0 heterocycles. The van der Waals surface area contributed by atoms with Crippen molar-refractivity contribution in [3.05, 3.63) is 28.2 Å². The number of hydrogen-bond acceptors (Lipinski definition) is 2. The van der Waals surface area contributed by atoms with Gasteiger partial charge < -0.3 is 10.6 Å². The predicted octanol–water partition coefficient (Wildman–Crippen LogP) is 3.97. The lowest BCUT2D eigenvalue weighted by Crippen LogP contribution is -2.27. The third-order valence-electron chi connectivity index (χ3n) is 4.12. The Kier molecular flexibility index (Phi) is 5.71. The van der Waals surface area contributed by atoms with Crippen LogP contribution in [0, 0.1) is 5.92 Å². The first-order valence-electron chi connectivity index (χ1n) is 7.40. The highest BCUT2D eigenvalue weighted by atomic mass is 79.9. The van der Waals surface area contributed by atoms with Crippen LogP contribution in [-0.2, 0) is 6.42 Å². The molecule has 3 heteroatoms. The third-order valence-corrected chi connectivity index (χ3v) is 4.62. The first-order chi connectivity index (χ1) is 9.20. The van der Waals surface area contributed by atoms with Gasteiger partial charge in [0.1, 0.15) is 0 Å². The zero-order valence-electron chi connectivity index (χ0n) is 11.9. The average molecular weight is 325 g/mol. The van der Waals surface area contributed by atoms with Crippen molar-refractivity contribution in [1.29, 1.82) is 0 Å². The summed E-state index contributed by atoms with van der Waals surface area (Å²) in [6.45, 7) is 1.89. The van der Waals surface area contributed by atoms with Gasteiger partial charge in [0.15, 0.2) is 0 Å². The van der Waals surface area contributed by atoms with Gasteiger partial charge >= 0.3 is 0 Å². The Morgan fingerprint density at radius 3 is 2.68 bits per heavy atom. The van der Waals surface area contributed by atoms with Crippen molar-refractivity contribution in [3.63, 3.8) is 0 Å². The molecule has 0 radical (unpaired) electrons. The molecule has 1 aromatic carbocycles. The molecule has 0 spiro atoms. The van der Waals surface area contributed by atoms with Gasteiger partial charge in [-0.15, -0.1) is 0 Å². The molecular weight excluding hydrogens is 300 g/mol. The lowest BCUT2D eigenvalue weighted by atomic mass is 9.89. The van der Waals surface area contributed by atoms with E-state index in [1.807, 2.05) is 0 Å². The Labute approximate surface area is 125 Å². The number of nitrogens with zero attached hydrogens (tertiary/aromatic N) is 1. The van der Waals surface area contributed by atoms with Crippen LogP contribution < -0.4 is 10.6 Å². The van der Waals surface area contributed by atoms with Crippen molar-refractivity contribution in [1.82, 2.24) is 0 Å². The number of benzene rings is 1. The van der Waals surface area contributed by atoms with Crippen LogP contribution >= 0.6 is 15.9 Å². The molecule has 2 rings (SSSR count). The van der Waals surface area contributed by atoms with Gasteiger partial charge in [-0.05, 0) is 55.5 Å². The van der Waals surface area contributed by atoms with E-state index in [4.69, 9.17) is 5.73 Å². The first kappa shape index (κ1) is 14.9. The third kappa shape index (κ3) is 4.22. The van der Waals surface area contributed by atoms with Gasteiger partial charge in [0.2, 0.25) is 0 Å². The molecule has 1 saturated carbocycles. The lowest BCUT2D eigenvalue weighted by molar-refractivity contribution is 0.362. The molecule has 1 aliphatic carbocycles. The summed E-state index contributed by atoms with van der Waals surface area (Å²) in [5.41, 5.74) is 8.43. The van der Waals surface area contributed by atoms with Gasteiger partial charge in [0, 0.05) is 23.8 Å². The second-order valence-electron chi connectivity index (χ2n) is 5.70.